The van der Waals surface area contributed by atoms with E-state index in [2.05, 4.69) is 15.6 Å². The molecule has 0 unspecified atom stereocenters. The number of anilines is 3. The highest BCUT2D eigenvalue weighted by Gasteiger charge is 2.66. The predicted molar refractivity (Wildman–Crippen MR) is 176 cm³/mol. The zero-order valence-corrected chi connectivity index (χ0v) is 27.4. The Bertz CT molecular complexity index is 1720. The van der Waals surface area contributed by atoms with Gasteiger partial charge in [0.1, 0.15) is 5.75 Å². The number of rotatable bonds is 10. The van der Waals surface area contributed by atoms with E-state index in [0.29, 0.717) is 59.0 Å². The SMILES string of the molecule is COc1ccc(C(=O)Nc2ccc3c(c2)[C@]2(O[C@@H](CCn4cc(CCO)nn4)[C@H]([Si](C)(C)O)[C@H]2C)C(=O)N3c2ccccc2)cc1. The highest BCUT2D eigenvalue weighted by atomic mass is 28.4. The van der Waals surface area contributed by atoms with Gasteiger partial charge in [-0.1, -0.05) is 30.3 Å². The molecule has 11 nitrogen and oxygen atoms in total. The minimum absolute atomic E-state index is 0.0151. The van der Waals surface area contributed by atoms with Gasteiger partial charge in [-0.15, -0.1) is 5.10 Å². The van der Waals surface area contributed by atoms with E-state index in [-0.39, 0.29) is 29.9 Å². The molecule has 4 aromatic rings. The second kappa shape index (κ2) is 12.4. The van der Waals surface area contributed by atoms with Gasteiger partial charge < -0.3 is 24.7 Å². The van der Waals surface area contributed by atoms with Gasteiger partial charge in [0.2, 0.25) is 0 Å². The first-order chi connectivity index (χ1) is 22.1. The average Bonchev–Trinajstić information content (AvgIpc) is 3.69. The fourth-order valence-corrected chi connectivity index (χ4v) is 9.67. The topological polar surface area (TPSA) is 139 Å². The maximum atomic E-state index is 14.8. The molecule has 1 spiro atoms. The number of fused-ring (bicyclic) bond motifs is 2. The molecule has 0 aliphatic carbocycles. The van der Waals surface area contributed by atoms with Crippen LogP contribution in [0.2, 0.25) is 18.6 Å². The number of carbonyl (C=O) groups is 2. The van der Waals surface area contributed by atoms with Gasteiger partial charge in [0.15, 0.2) is 13.9 Å². The minimum atomic E-state index is -2.89. The normalized spacial score (nSPS) is 22.3. The van der Waals surface area contributed by atoms with E-state index in [1.165, 1.54) is 0 Å². The highest BCUT2D eigenvalue weighted by Crippen LogP contribution is 2.61. The van der Waals surface area contributed by atoms with Crippen LogP contribution in [0.15, 0.2) is 79.0 Å². The van der Waals surface area contributed by atoms with Crippen molar-refractivity contribution < 1.29 is 29.0 Å². The summed E-state index contributed by atoms with van der Waals surface area (Å²) >= 11 is 0. The standard InChI is InChI=1S/C34H39N5O6Si/c1-22-31(46(3,4)43)30(16-18-38-21-25(17-19-40)36-37-38)45-34(22)28-20-24(35-32(41)23-10-13-27(44-2)14-11-23)12-15-29(28)39(33(34)42)26-8-6-5-7-9-26/h5-15,20-22,30-31,40,43H,16-19H2,1-4H3,(H,35,41)/t22-,30+,31-,34+/m1/s1. The summed E-state index contributed by atoms with van der Waals surface area (Å²) in [6, 6.07) is 21.7. The monoisotopic (exact) mass is 641 g/mol. The van der Waals surface area contributed by atoms with Crippen molar-refractivity contribution in [1.82, 2.24) is 15.0 Å². The molecular weight excluding hydrogens is 602 g/mol. The Morgan fingerprint density at radius 1 is 1.11 bits per heavy atom. The van der Waals surface area contributed by atoms with Crippen LogP contribution in [0.25, 0.3) is 0 Å². The Labute approximate surface area is 268 Å². The van der Waals surface area contributed by atoms with Crippen LogP contribution >= 0.6 is 0 Å². The molecular formula is C34H39N5O6Si. The van der Waals surface area contributed by atoms with Gasteiger partial charge >= 0.3 is 0 Å². The molecule has 1 aromatic heterocycles. The molecule has 0 saturated carbocycles. The summed E-state index contributed by atoms with van der Waals surface area (Å²) in [6.45, 7) is 6.22. The molecule has 4 atom stereocenters. The lowest BCUT2D eigenvalue weighted by atomic mass is 9.82. The average molecular weight is 642 g/mol. The molecule has 3 heterocycles. The van der Waals surface area contributed by atoms with Crippen molar-refractivity contribution in [3.05, 3.63) is 95.8 Å². The van der Waals surface area contributed by atoms with E-state index in [9.17, 15) is 19.5 Å². The van der Waals surface area contributed by atoms with Crippen LogP contribution in [-0.4, -0.2) is 64.8 Å². The lowest BCUT2D eigenvalue weighted by Gasteiger charge is -2.32. The zero-order valence-electron chi connectivity index (χ0n) is 26.4. The van der Waals surface area contributed by atoms with Gasteiger partial charge in [0, 0.05) is 59.7 Å². The van der Waals surface area contributed by atoms with E-state index in [0.717, 1.165) is 0 Å². The quantitative estimate of drug-likeness (QED) is 0.213. The number of para-hydroxylation sites is 1. The molecule has 240 valence electrons. The van der Waals surface area contributed by atoms with Crippen LogP contribution in [0.4, 0.5) is 17.1 Å². The van der Waals surface area contributed by atoms with Gasteiger partial charge in [0.05, 0.1) is 24.6 Å². The van der Waals surface area contributed by atoms with Crippen molar-refractivity contribution >= 4 is 37.2 Å². The summed E-state index contributed by atoms with van der Waals surface area (Å²) < 4.78 is 13.9. The third-order valence-electron chi connectivity index (χ3n) is 9.11. The minimum Gasteiger partial charge on any atom is -0.497 e. The van der Waals surface area contributed by atoms with Crippen LogP contribution in [0.3, 0.4) is 0 Å². The van der Waals surface area contributed by atoms with Crippen molar-refractivity contribution in [1.29, 1.82) is 0 Å². The number of aliphatic hydroxyl groups excluding tert-OH is 1. The second-order valence-electron chi connectivity index (χ2n) is 12.5. The second-order valence-corrected chi connectivity index (χ2v) is 16.5. The summed E-state index contributed by atoms with van der Waals surface area (Å²) in [6.07, 6.45) is 2.26. The molecule has 12 heteroatoms. The van der Waals surface area contributed by atoms with Crippen molar-refractivity contribution in [2.75, 3.05) is 23.9 Å². The number of amides is 2. The van der Waals surface area contributed by atoms with Crippen LogP contribution in [0, 0.1) is 5.92 Å². The molecule has 1 saturated heterocycles. The van der Waals surface area contributed by atoms with E-state index in [4.69, 9.17) is 9.47 Å². The van der Waals surface area contributed by atoms with E-state index < -0.39 is 20.0 Å². The molecule has 3 aromatic carbocycles. The Hall–Kier alpha value is -4.36. The smallest absolute Gasteiger partial charge is 0.268 e. The first kappa shape index (κ1) is 31.6. The fraction of sp³-hybridized carbons (Fsp3) is 0.353. The zero-order chi connectivity index (χ0) is 32.6. The number of hydrogen-bond acceptors (Lipinski definition) is 8. The lowest BCUT2D eigenvalue weighted by Crippen LogP contribution is -2.45. The Balaban J connectivity index is 1.38. The molecule has 2 amide bonds. The number of ether oxygens (including phenoxy) is 2. The molecule has 6 rings (SSSR count). The molecule has 0 bridgehead atoms. The molecule has 0 radical (unpaired) electrons. The third-order valence-corrected chi connectivity index (χ3v) is 11.6. The molecule has 2 aliphatic heterocycles. The Morgan fingerprint density at radius 3 is 2.52 bits per heavy atom. The van der Waals surface area contributed by atoms with Crippen molar-refractivity contribution in [2.24, 2.45) is 5.92 Å². The first-order valence-corrected chi connectivity index (χ1v) is 18.5. The van der Waals surface area contributed by atoms with E-state index in [1.807, 2.05) is 62.5 Å². The van der Waals surface area contributed by atoms with Gasteiger partial charge in [-0.3, -0.25) is 19.2 Å². The molecule has 1 fully saturated rings. The highest BCUT2D eigenvalue weighted by molar-refractivity contribution is 6.71. The van der Waals surface area contributed by atoms with Crippen LogP contribution in [0.1, 0.15) is 35.0 Å². The predicted octanol–water partition coefficient (Wildman–Crippen LogP) is 4.64. The number of nitrogens with zero attached hydrogens (tertiary/aromatic N) is 4. The lowest BCUT2D eigenvalue weighted by molar-refractivity contribution is -0.145. The number of benzene rings is 3. The van der Waals surface area contributed by atoms with Crippen molar-refractivity contribution in [3.63, 3.8) is 0 Å². The van der Waals surface area contributed by atoms with Crippen molar-refractivity contribution in [3.8, 4) is 5.75 Å². The molecule has 2 aliphatic rings. The molecule has 46 heavy (non-hydrogen) atoms. The summed E-state index contributed by atoms with van der Waals surface area (Å²) in [5.41, 5.74) is 2.04. The number of hydrogen-bond donors (Lipinski definition) is 3. The Kier molecular flexibility index (Phi) is 8.55. The maximum Gasteiger partial charge on any atom is 0.268 e. The number of aryl methyl sites for hydroxylation is 1. The number of nitrogens with one attached hydrogen (secondary N) is 1. The summed E-state index contributed by atoms with van der Waals surface area (Å²) in [5.74, 6) is -0.250. The molecule has 3 N–H and O–H groups in total. The van der Waals surface area contributed by atoms with Gasteiger partial charge in [0.25, 0.3) is 11.8 Å². The third kappa shape index (κ3) is 5.62. The van der Waals surface area contributed by atoms with Crippen LogP contribution in [-0.2, 0) is 28.1 Å². The van der Waals surface area contributed by atoms with E-state index in [1.54, 1.807) is 53.2 Å². The Morgan fingerprint density at radius 2 is 1.85 bits per heavy atom. The number of methoxy groups -OCH3 is 1. The van der Waals surface area contributed by atoms with Crippen molar-refractivity contribution in [2.45, 2.75) is 56.7 Å². The first-order valence-electron chi connectivity index (χ1n) is 15.5. The summed E-state index contributed by atoms with van der Waals surface area (Å²) in [4.78, 5) is 41.3. The number of carbonyl (C=O) groups excluding carboxylic acids is 2. The van der Waals surface area contributed by atoms with Crippen LogP contribution in [0.5, 0.6) is 5.75 Å². The largest absolute Gasteiger partial charge is 0.497 e. The van der Waals surface area contributed by atoms with Gasteiger partial charge in [-0.05, 0) is 74.1 Å². The fourth-order valence-electron chi connectivity index (χ4n) is 7.07. The summed E-state index contributed by atoms with van der Waals surface area (Å²) in [7, 11) is -1.32. The van der Waals surface area contributed by atoms with E-state index >= 15 is 0 Å². The maximum absolute atomic E-state index is 14.8. The van der Waals surface area contributed by atoms with Crippen LogP contribution < -0.4 is 15.0 Å². The van der Waals surface area contributed by atoms with Gasteiger partial charge in [-0.25, -0.2) is 0 Å². The number of aliphatic hydroxyl groups is 1. The number of aromatic nitrogens is 3. The van der Waals surface area contributed by atoms with Gasteiger partial charge in [-0.2, -0.15) is 0 Å². The summed E-state index contributed by atoms with van der Waals surface area (Å²) in [5, 5.41) is 20.6.